The lowest BCUT2D eigenvalue weighted by Crippen LogP contribution is -1.94. The summed E-state index contributed by atoms with van der Waals surface area (Å²) in [6.07, 6.45) is 10.0. The first kappa shape index (κ1) is 14.2. The molecule has 3 rings (SSSR count). The molecule has 0 aliphatic carbocycles. The number of nitrogens with zero attached hydrogens (tertiary/aromatic N) is 3. The maximum atomic E-state index is 5.15. The molecule has 0 aliphatic rings. The predicted molar refractivity (Wildman–Crippen MR) is 85.4 cm³/mol. The van der Waals surface area contributed by atoms with Crippen molar-refractivity contribution in [2.24, 2.45) is 0 Å². The molecule has 0 saturated carbocycles. The molecule has 109 valence electrons. The molecule has 2 heterocycles. The van der Waals surface area contributed by atoms with Crippen molar-refractivity contribution in [3.05, 3.63) is 78.9 Å². The number of hydrogen-bond acceptors (Lipinski definition) is 4. The zero-order chi connectivity index (χ0) is 15.2. The first-order valence-corrected chi connectivity index (χ1v) is 7.04. The molecule has 0 N–H and O–H groups in total. The van der Waals surface area contributed by atoms with Gasteiger partial charge in [-0.3, -0.25) is 15.0 Å². The highest BCUT2D eigenvalue weighted by molar-refractivity contribution is 5.59. The third-order valence-corrected chi connectivity index (χ3v) is 3.35. The van der Waals surface area contributed by atoms with Crippen LogP contribution in [-0.2, 0) is 6.42 Å². The highest BCUT2D eigenvalue weighted by Gasteiger charge is 2.02. The van der Waals surface area contributed by atoms with Crippen molar-refractivity contribution in [3.8, 4) is 17.0 Å². The third-order valence-electron chi connectivity index (χ3n) is 3.35. The SMILES string of the molecule is COc1ccc(-c2cnc([CH]Cc3ccncc3)cn2)cc1. The number of benzene rings is 1. The van der Waals surface area contributed by atoms with Crippen LogP contribution in [0.3, 0.4) is 0 Å². The summed E-state index contributed by atoms with van der Waals surface area (Å²) in [6, 6.07) is 11.8. The molecular formula is C18H16N3O. The molecular weight excluding hydrogens is 274 g/mol. The molecule has 0 saturated heterocycles. The Morgan fingerprint density at radius 2 is 1.73 bits per heavy atom. The van der Waals surface area contributed by atoms with Crippen molar-refractivity contribution in [3.63, 3.8) is 0 Å². The van der Waals surface area contributed by atoms with Crippen molar-refractivity contribution >= 4 is 0 Å². The van der Waals surface area contributed by atoms with Gasteiger partial charge >= 0.3 is 0 Å². The number of pyridine rings is 1. The first-order valence-electron chi connectivity index (χ1n) is 7.04. The highest BCUT2D eigenvalue weighted by Crippen LogP contribution is 2.20. The maximum Gasteiger partial charge on any atom is 0.118 e. The average molecular weight is 290 g/mol. The molecule has 0 aliphatic heterocycles. The Bertz CT molecular complexity index is 710. The Balaban J connectivity index is 1.67. The molecule has 0 spiro atoms. The number of methoxy groups -OCH3 is 1. The normalized spacial score (nSPS) is 10.4. The summed E-state index contributed by atoms with van der Waals surface area (Å²) in [7, 11) is 1.66. The molecule has 1 radical (unpaired) electrons. The molecule has 0 atom stereocenters. The number of ether oxygens (including phenoxy) is 1. The van der Waals surface area contributed by atoms with E-state index in [9.17, 15) is 0 Å². The summed E-state index contributed by atoms with van der Waals surface area (Å²) in [5.74, 6) is 0.832. The number of hydrogen-bond donors (Lipinski definition) is 0. The van der Waals surface area contributed by atoms with Gasteiger partial charge in [-0.15, -0.1) is 0 Å². The lowest BCUT2D eigenvalue weighted by atomic mass is 10.1. The van der Waals surface area contributed by atoms with E-state index < -0.39 is 0 Å². The standard InChI is InChI=1S/C18H16N3O/c1-22-17-6-3-15(4-7-17)18-13-20-16(12-21-18)5-2-14-8-10-19-11-9-14/h3-13H,2H2,1H3. The van der Waals surface area contributed by atoms with E-state index in [0.29, 0.717) is 0 Å². The Kier molecular flexibility index (Phi) is 4.39. The van der Waals surface area contributed by atoms with Gasteiger partial charge in [-0.2, -0.15) is 0 Å². The van der Waals surface area contributed by atoms with Crippen molar-refractivity contribution in [2.45, 2.75) is 6.42 Å². The summed E-state index contributed by atoms with van der Waals surface area (Å²) >= 11 is 0. The molecule has 4 heteroatoms. The lowest BCUT2D eigenvalue weighted by Gasteiger charge is -2.04. The highest BCUT2D eigenvalue weighted by atomic mass is 16.5. The Morgan fingerprint density at radius 3 is 2.36 bits per heavy atom. The van der Waals surface area contributed by atoms with Crippen LogP contribution in [0.4, 0.5) is 0 Å². The second-order valence-electron chi connectivity index (χ2n) is 4.82. The lowest BCUT2D eigenvalue weighted by molar-refractivity contribution is 0.415. The van der Waals surface area contributed by atoms with Crippen LogP contribution in [0.25, 0.3) is 11.3 Å². The molecule has 0 bridgehead atoms. The summed E-state index contributed by atoms with van der Waals surface area (Å²) in [5, 5.41) is 0. The maximum absolute atomic E-state index is 5.15. The molecule has 4 nitrogen and oxygen atoms in total. The van der Waals surface area contributed by atoms with Gasteiger partial charge in [-0.05, 0) is 48.4 Å². The minimum atomic E-state index is 0.819. The summed E-state index contributed by atoms with van der Waals surface area (Å²) in [4.78, 5) is 12.9. The van der Waals surface area contributed by atoms with Crippen molar-refractivity contribution in [1.82, 2.24) is 15.0 Å². The van der Waals surface area contributed by atoms with Crippen LogP contribution in [0.15, 0.2) is 61.2 Å². The second kappa shape index (κ2) is 6.80. The van der Waals surface area contributed by atoms with E-state index in [0.717, 1.165) is 29.1 Å². The molecule has 0 unspecified atom stereocenters. The molecule has 0 amide bonds. The number of aromatic nitrogens is 3. The van der Waals surface area contributed by atoms with Crippen LogP contribution in [0.1, 0.15) is 11.3 Å². The minimum Gasteiger partial charge on any atom is -0.497 e. The van der Waals surface area contributed by atoms with Gasteiger partial charge < -0.3 is 4.74 Å². The van der Waals surface area contributed by atoms with Crippen LogP contribution < -0.4 is 4.74 Å². The van der Waals surface area contributed by atoms with Gasteiger partial charge in [0.15, 0.2) is 0 Å². The van der Waals surface area contributed by atoms with E-state index in [1.165, 1.54) is 5.56 Å². The van der Waals surface area contributed by atoms with Crippen molar-refractivity contribution in [1.29, 1.82) is 0 Å². The van der Waals surface area contributed by atoms with Gasteiger partial charge in [0.05, 0.1) is 24.7 Å². The van der Waals surface area contributed by atoms with Gasteiger partial charge in [0, 0.05) is 30.6 Å². The molecule has 2 aromatic heterocycles. The Labute approximate surface area is 129 Å². The molecule has 22 heavy (non-hydrogen) atoms. The first-order chi connectivity index (χ1) is 10.8. The van der Waals surface area contributed by atoms with Gasteiger partial charge in [0.1, 0.15) is 5.75 Å². The Hall–Kier alpha value is -2.75. The van der Waals surface area contributed by atoms with Crippen LogP contribution in [0.2, 0.25) is 0 Å². The van der Waals surface area contributed by atoms with E-state index >= 15 is 0 Å². The number of rotatable bonds is 5. The summed E-state index contributed by atoms with van der Waals surface area (Å²) in [5.41, 5.74) is 3.95. The quantitative estimate of drug-likeness (QED) is 0.723. The predicted octanol–water partition coefficient (Wildman–Crippen LogP) is 3.34. The average Bonchev–Trinajstić information content (AvgIpc) is 2.61. The second-order valence-corrected chi connectivity index (χ2v) is 4.82. The zero-order valence-electron chi connectivity index (χ0n) is 12.3. The van der Waals surface area contributed by atoms with Crippen LogP contribution in [0, 0.1) is 6.42 Å². The topological polar surface area (TPSA) is 47.9 Å². The van der Waals surface area contributed by atoms with Crippen molar-refractivity contribution < 1.29 is 4.74 Å². The third kappa shape index (κ3) is 3.47. The fourth-order valence-electron chi connectivity index (χ4n) is 2.10. The fraction of sp³-hybridized carbons (Fsp3) is 0.111. The fourth-order valence-corrected chi connectivity index (χ4v) is 2.10. The largest absolute Gasteiger partial charge is 0.497 e. The summed E-state index contributed by atoms with van der Waals surface area (Å²) in [6.45, 7) is 0. The molecule has 3 aromatic rings. The van der Waals surface area contributed by atoms with E-state index in [1.807, 2.05) is 36.4 Å². The van der Waals surface area contributed by atoms with Crippen molar-refractivity contribution in [2.75, 3.05) is 7.11 Å². The summed E-state index contributed by atoms with van der Waals surface area (Å²) < 4.78 is 5.15. The van der Waals surface area contributed by atoms with Crippen LogP contribution >= 0.6 is 0 Å². The van der Waals surface area contributed by atoms with Gasteiger partial charge in [0.25, 0.3) is 0 Å². The van der Waals surface area contributed by atoms with E-state index in [1.54, 1.807) is 31.9 Å². The zero-order valence-corrected chi connectivity index (χ0v) is 12.3. The van der Waals surface area contributed by atoms with Gasteiger partial charge in [0.2, 0.25) is 0 Å². The van der Waals surface area contributed by atoms with Crippen LogP contribution in [-0.4, -0.2) is 22.1 Å². The Morgan fingerprint density at radius 1 is 0.955 bits per heavy atom. The monoisotopic (exact) mass is 290 g/mol. The molecule has 0 fully saturated rings. The van der Waals surface area contributed by atoms with Gasteiger partial charge in [-0.1, -0.05) is 0 Å². The van der Waals surface area contributed by atoms with E-state index in [4.69, 9.17) is 4.74 Å². The minimum absolute atomic E-state index is 0.819. The van der Waals surface area contributed by atoms with Crippen LogP contribution in [0.5, 0.6) is 5.75 Å². The van der Waals surface area contributed by atoms with Gasteiger partial charge in [-0.25, -0.2) is 0 Å². The van der Waals surface area contributed by atoms with E-state index in [-0.39, 0.29) is 0 Å². The molecule has 1 aromatic carbocycles. The smallest absolute Gasteiger partial charge is 0.118 e. The van der Waals surface area contributed by atoms with E-state index in [2.05, 4.69) is 21.4 Å².